The second kappa shape index (κ2) is 9.93. The summed E-state index contributed by atoms with van der Waals surface area (Å²) in [6.07, 6.45) is 0. The van der Waals surface area contributed by atoms with E-state index < -0.39 is 9.05 Å². The summed E-state index contributed by atoms with van der Waals surface area (Å²) in [6, 6.07) is 0. The van der Waals surface area contributed by atoms with Crippen molar-refractivity contribution >= 4 is 32.1 Å². The molecule has 0 bridgehead atoms. The topological polar surface area (TPSA) is 80.9 Å². The predicted octanol–water partition coefficient (Wildman–Crippen LogP) is -3.53. The number of hydrogen-bond donors (Lipinski definition) is 4. The molecule has 0 aliphatic heterocycles. The minimum atomic E-state index is -4.61. The zero-order chi connectivity index (χ0) is 4.50. The molecule has 8 heavy (non-hydrogen) atoms. The maximum Gasteiger partial charge on any atom is 0.668 e. The average molecular weight is 329 g/mol. The van der Waals surface area contributed by atoms with Gasteiger partial charge < -0.3 is 19.2 Å². The third kappa shape index (κ3) is 65.5. The summed E-state index contributed by atoms with van der Waals surface area (Å²) in [6.45, 7) is 0. The fourth-order valence-corrected chi connectivity index (χ4v) is 0. The zero-order valence-corrected chi connectivity index (χ0v) is 7.65. The molecule has 50 valence electrons. The minimum absolute atomic E-state index is 0. The van der Waals surface area contributed by atoms with Gasteiger partial charge in [0.15, 0.2) is 0 Å². The van der Waals surface area contributed by atoms with Crippen LogP contribution in [0.2, 0.25) is 0 Å². The van der Waals surface area contributed by atoms with Crippen molar-refractivity contribution in [1.29, 1.82) is 0 Å². The van der Waals surface area contributed by atoms with Crippen molar-refractivity contribution in [3.8, 4) is 0 Å². The molecule has 0 aromatic heterocycles. The van der Waals surface area contributed by atoms with E-state index in [4.69, 9.17) is 19.2 Å². The molecule has 0 aliphatic rings. The van der Waals surface area contributed by atoms with E-state index >= 15 is 0 Å². The molecule has 0 aliphatic carbocycles. The van der Waals surface area contributed by atoms with Gasteiger partial charge in [-0.15, -0.1) is 0 Å². The summed E-state index contributed by atoms with van der Waals surface area (Å²) in [5.74, 6) is 0. The van der Waals surface area contributed by atoms with Crippen molar-refractivity contribution in [3.05, 3.63) is 0 Å². The first kappa shape index (κ1) is 22.4. The summed E-state index contributed by atoms with van der Waals surface area (Å²) in [7, 11) is -4.61. The molecule has 0 aromatic carbocycles. The summed E-state index contributed by atoms with van der Waals surface area (Å²) in [5, 5.41) is 0. The first-order chi connectivity index (χ1) is 2.00. The fourth-order valence-electron chi connectivity index (χ4n) is 0. The van der Waals surface area contributed by atoms with Gasteiger partial charge in [-0.2, -0.15) is 0 Å². The van der Waals surface area contributed by atoms with Crippen LogP contribution in [0.3, 0.4) is 0 Å². The second-order valence-electron chi connectivity index (χ2n) is 0.600. The van der Waals surface area contributed by atoms with Crippen LogP contribution in [0.1, 0.15) is 0 Å². The van der Waals surface area contributed by atoms with Gasteiger partial charge in [-0.05, 0) is 0 Å². The maximum atomic E-state index is 7.33. The molecular weight excluding hydrogens is 323 g/mol. The fraction of sp³-hybridized carbons (Fsp3) is 0. The molecule has 0 saturated heterocycles. The van der Waals surface area contributed by atoms with Gasteiger partial charge in [0.2, 0.25) is 0 Å². The molecule has 0 aromatic rings. The second-order valence-corrected chi connectivity index (χ2v) is 1.80. The normalized spacial score (nSPS) is 7.50. The van der Waals surface area contributed by atoms with Gasteiger partial charge in [0.05, 0.1) is 0 Å². The Morgan fingerprint density at radius 2 is 0.875 bits per heavy atom. The van der Waals surface area contributed by atoms with Crippen LogP contribution in [0.15, 0.2) is 0 Å². The van der Waals surface area contributed by atoms with Crippen molar-refractivity contribution in [1.82, 2.24) is 0 Å². The largest absolute Gasteiger partial charge is 0.668 e. The molecule has 0 fully saturated rings. The van der Waals surface area contributed by atoms with E-state index in [1.807, 2.05) is 0 Å². The first-order valence-electron chi connectivity index (χ1n) is 0.894. The molecule has 2 radical (unpaired) electrons. The van der Waals surface area contributed by atoms with Gasteiger partial charge in [-0.25, -0.2) is 0 Å². The maximum absolute atomic E-state index is 7.33. The molecule has 0 amide bonds. The van der Waals surface area contributed by atoms with Crippen LogP contribution in [0.4, 0.5) is 0 Å². The molecule has 4 N–H and O–H groups in total. The van der Waals surface area contributed by atoms with E-state index in [1.54, 1.807) is 0 Å². The third-order valence-corrected chi connectivity index (χ3v) is 0. The van der Waals surface area contributed by atoms with Gasteiger partial charge in [-0.3, -0.25) is 0 Å². The Kier molecular flexibility index (Phi) is 27.8. The Bertz CT molecular complexity index is 31.5. The van der Waals surface area contributed by atoms with E-state index in [2.05, 4.69) is 0 Å². The van der Waals surface area contributed by atoms with Crippen LogP contribution in [0, 0.1) is 49.4 Å². The smallest absolute Gasteiger partial charge is 0.368 e. The van der Waals surface area contributed by atoms with Crippen molar-refractivity contribution < 1.29 is 85.6 Å². The molecule has 0 atom stereocenters. The molecule has 0 heterocycles. The van der Waals surface area contributed by atoms with Crippen molar-refractivity contribution in [2.24, 2.45) is 0 Å². The van der Waals surface area contributed by atoms with E-state index in [0.717, 1.165) is 0 Å². The molecule has 0 spiro atoms. The van der Waals surface area contributed by atoms with Crippen molar-refractivity contribution in [2.75, 3.05) is 0 Å². The summed E-state index contributed by atoms with van der Waals surface area (Å²) >= 11 is 0. The van der Waals surface area contributed by atoms with Gasteiger partial charge >= 0.3 is 32.1 Å². The minimum Gasteiger partial charge on any atom is -0.368 e. The van der Waals surface area contributed by atoms with Crippen LogP contribution in [-0.4, -0.2) is 51.3 Å². The Hall–Kier alpha value is 2.93. The van der Waals surface area contributed by atoms with E-state index in [1.165, 1.54) is 0 Å². The predicted molar refractivity (Wildman–Crippen MR) is 23.2 cm³/mol. The van der Waals surface area contributed by atoms with Crippen molar-refractivity contribution in [3.63, 3.8) is 0 Å². The molecule has 0 rings (SSSR count). The van der Waals surface area contributed by atoms with E-state index in [9.17, 15) is 0 Å². The summed E-state index contributed by atoms with van der Waals surface area (Å²) in [4.78, 5) is 29.3. The molecule has 8 heteroatoms. The van der Waals surface area contributed by atoms with Crippen LogP contribution in [0.5, 0.6) is 0 Å². The third-order valence-electron chi connectivity index (χ3n) is 0. The monoisotopic (exact) mass is 330 g/mol. The molecular formula is H6EuMgMnO4Si. The molecule has 0 saturated carbocycles. The Labute approximate surface area is 115 Å². The first-order valence-corrected chi connectivity index (χ1v) is 2.68. The quantitative estimate of drug-likeness (QED) is 0.347. The number of rotatable bonds is 0. The van der Waals surface area contributed by atoms with Crippen LogP contribution >= 0.6 is 0 Å². The van der Waals surface area contributed by atoms with E-state index in [0.29, 0.717) is 0 Å². The van der Waals surface area contributed by atoms with Crippen LogP contribution < -0.4 is 0 Å². The molecule has 0 unspecified atom stereocenters. The van der Waals surface area contributed by atoms with Gasteiger partial charge in [0.25, 0.3) is 0 Å². The number of hydrogen-bond acceptors (Lipinski definition) is 4. The van der Waals surface area contributed by atoms with Crippen LogP contribution in [-0.2, 0) is 17.1 Å². The Morgan fingerprint density at radius 1 is 0.875 bits per heavy atom. The molecule has 4 nitrogen and oxygen atoms in total. The van der Waals surface area contributed by atoms with Gasteiger partial charge in [0.1, 0.15) is 0 Å². The van der Waals surface area contributed by atoms with E-state index in [-0.39, 0.29) is 89.5 Å². The average Bonchev–Trinajstić information content (AvgIpc) is 0.722. The van der Waals surface area contributed by atoms with Gasteiger partial charge in [0, 0.05) is 66.4 Å². The van der Waals surface area contributed by atoms with Crippen LogP contribution in [0.25, 0.3) is 0 Å². The summed E-state index contributed by atoms with van der Waals surface area (Å²) < 4.78 is 0. The van der Waals surface area contributed by atoms with Crippen molar-refractivity contribution in [2.45, 2.75) is 0 Å². The Balaban J connectivity index is -0.0000000267. The Morgan fingerprint density at radius 3 is 0.875 bits per heavy atom. The zero-order valence-electron chi connectivity index (χ0n) is 3.04. The standard InChI is InChI=1S/Eu.Mg.Mn.H4O4Si.2H/c;;;1-5(2,3)4;;/h;;;1-4H;;. The van der Waals surface area contributed by atoms with Gasteiger partial charge in [-0.1, -0.05) is 0 Å². The summed E-state index contributed by atoms with van der Waals surface area (Å²) in [5.41, 5.74) is 0. The SMILES string of the molecule is O[Si](O)(O)O.[Eu].[MgH2].[Mn].